The largest absolute Gasteiger partial charge is 0.453 e. The summed E-state index contributed by atoms with van der Waals surface area (Å²) in [6.45, 7) is 5.64. The molecule has 1 aliphatic rings. The van der Waals surface area contributed by atoms with Gasteiger partial charge in [-0.05, 0) is 46.5 Å². The van der Waals surface area contributed by atoms with Gasteiger partial charge in [0.1, 0.15) is 5.60 Å². The number of rotatable bonds is 7. The molecule has 0 aromatic carbocycles. The monoisotopic (exact) mass is 423 g/mol. The molecule has 1 atom stereocenters. The molecule has 1 heterocycles. The number of nitrogens with zero attached hydrogens (tertiary/aromatic N) is 1. The first kappa shape index (κ1) is 23.9. The van der Waals surface area contributed by atoms with Crippen molar-refractivity contribution in [3.8, 4) is 0 Å². The smallest absolute Gasteiger partial charge is 0.444 e. The van der Waals surface area contributed by atoms with Gasteiger partial charge in [0.2, 0.25) is 0 Å². The second-order valence-corrected chi connectivity index (χ2v) is 10.0. The number of halogens is 5. The van der Waals surface area contributed by atoms with Crippen molar-refractivity contribution in [1.29, 1.82) is 0 Å². The standard InChI is InChI=1S/C16H26F5NO4S/c1-14(2,3)26-13(23)22-9-4-6-12(22)7-5-10-27(24,25)11-8-15(17,18)16(19,20)21/h12H,4-11H2,1-3H3. The fraction of sp³-hybridized carbons (Fsp3) is 0.938. The Morgan fingerprint density at radius 1 is 1.11 bits per heavy atom. The van der Waals surface area contributed by atoms with Crippen LogP contribution in [0.15, 0.2) is 0 Å². The van der Waals surface area contributed by atoms with E-state index < -0.39 is 51.6 Å². The number of alkyl halides is 5. The quantitative estimate of drug-likeness (QED) is 0.577. The molecule has 0 radical (unpaired) electrons. The lowest BCUT2D eigenvalue weighted by Gasteiger charge is -2.28. The van der Waals surface area contributed by atoms with Gasteiger partial charge in [0.15, 0.2) is 9.84 Å². The second kappa shape index (κ2) is 8.48. The minimum absolute atomic E-state index is 0.0733. The zero-order valence-corrected chi connectivity index (χ0v) is 16.4. The van der Waals surface area contributed by atoms with Gasteiger partial charge in [-0.2, -0.15) is 22.0 Å². The Bertz CT molecular complexity index is 613. The molecule has 0 spiro atoms. The molecule has 5 nitrogen and oxygen atoms in total. The van der Waals surface area contributed by atoms with Gasteiger partial charge in [-0.3, -0.25) is 0 Å². The van der Waals surface area contributed by atoms with Gasteiger partial charge in [-0.15, -0.1) is 0 Å². The van der Waals surface area contributed by atoms with Crippen molar-refractivity contribution in [2.75, 3.05) is 18.1 Å². The lowest BCUT2D eigenvalue weighted by atomic mass is 10.1. The molecule has 11 heteroatoms. The number of ether oxygens (including phenoxy) is 1. The number of likely N-dealkylation sites (tertiary alicyclic amines) is 1. The summed E-state index contributed by atoms with van der Waals surface area (Å²) in [5.74, 6) is -6.77. The fourth-order valence-corrected chi connectivity index (χ4v) is 4.14. The first-order valence-electron chi connectivity index (χ1n) is 8.69. The number of sulfone groups is 1. The molecule has 1 rings (SSSR count). The van der Waals surface area contributed by atoms with E-state index in [0.29, 0.717) is 19.4 Å². The van der Waals surface area contributed by atoms with E-state index in [4.69, 9.17) is 4.74 Å². The zero-order chi connectivity index (χ0) is 21.1. The molecule has 1 saturated heterocycles. The maximum atomic E-state index is 12.9. The lowest BCUT2D eigenvalue weighted by Crippen LogP contribution is -2.40. The van der Waals surface area contributed by atoms with Crippen molar-refractivity contribution in [1.82, 2.24) is 4.90 Å². The van der Waals surface area contributed by atoms with Crippen LogP contribution in [0.4, 0.5) is 26.7 Å². The highest BCUT2D eigenvalue weighted by molar-refractivity contribution is 7.91. The highest BCUT2D eigenvalue weighted by atomic mass is 32.2. The normalized spacial score (nSPS) is 19.4. The van der Waals surface area contributed by atoms with Gasteiger partial charge in [0.25, 0.3) is 0 Å². The van der Waals surface area contributed by atoms with Crippen LogP contribution in [0.2, 0.25) is 0 Å². The zero-order valence-electron chi connectivity index (χ0n) is 15.6. The molecule has 0 saturated carbocycles. The van der Waals surface area contributed by atoms with E-state index in [1.807, 2.05) is 0 Å². The van der Waals surface area contributed by atoms with Crippen LogP contribution < -0.4 is 0 Å². The summed E-state index contributed by atoms with van der Waals surface area (Å²) >= 11 is 0. The number of hydrogen-bond donors (Lipinski definition) is 0. The van der Waals surface area contributed by atoms with E-state index in [2.05, 4.69) is 0 Å². The molecule has 1 unspecified atom stereocenters. The number of carbonyl (C=O) groups excluding carboxylic acids is 1. The van der Waals surface area contributed by atoms with E-state index in [-0.39, 0.29) is 12.5 Å². The molecule has 0 bridgehead atoms. The average molecular weight is 423 g/mol. The Morgan fingerprint density at radius 3 is 2.22 bits per heavy atom. The Hall–Kier alpha value is -1.13. The molecule has 0 aliphatic carbocycles. The Morgan fingerprint density at radius 2 is 1.70 bits per heavy atom. The number of amides is 1. The van der Waals surface area contributed by atoms with E-state index >= 15 is 0 Å². The third kappa shape index (κ3) is 7.79. The van der Waals surface area contributed by atoms with Gasteiger partial charge >= 0.3 is 18.2 Å². The van der Waals surface area contributed by atoms with Gasteiger partial charge in [-0.25, -0.2) is 13.2 Å². The molecule has 0 aromatic heterocycles. The van der Waals surface area contributed by atoms with Crippen LogP contribution in [0.1, 0.15) is 52.9 Å². The van der Waals surface area contributed by atoms with Crippen molar-refractivity contribution in [2.24, 2.45) is 0 Å². The predicted octanol–water partition coefficient (Wildman–Crippen LogP) is 4.17. The maximum Gasteiger partial charge on any atom is 0.453 e. The van der Waals surface area contributed by atoms with Crippen molar-refractivity contribution in [3.05, 3.63) is 0 Å². The molecule has 0 N–H and O–H groups in total. The van der Waals surface area contributed by atoms with Gasteiger partial charge < -0.3 is 9.64 Å². The van der Waals surface area contributed by atoms with Gasteiger partial charge in [0, 0.05) is 19.0 Å². The Kier molecular flexibility index (Phi) is 7.51. The van der Waals surface area contributed by atoms with Crippen LogP contribution in [0.3, 0.4) is 0 Å². The summed E-state index contributed by atoms with van der Waals surface area (Å²) < 4.78 is 90.9. The molecule has 1 aliphatic heterocycles. The molecular formula is C16H26F5NO4S. The minimum atomic E-state index is -5.76. The molecule has 27 heavy (non-hydrogen) atoms. The third-order valence-electron chi connectivity index (χ3n) is 4.14. The second-order valence-electron chi connectivity index (χ2n) is 7.72. The van der Waals surface area contributed by atoms with Crippen LogP contribution in [-0.4, -0.2) is 61.2 Å². The summed E-state index contributed by atoms with van der Waals surface area (Å²) in [5, 5.41) is 0. The third-order valence-corrected chi connectivity index (χ3v) is 5.88. The van der Waals surface area contributed by atoms with Crippen molar-refractivity contribution >= 4 is 15.9 Å². The van der Waals surface area contributed by atoms with E-state index in [9.17, 15) is 35.2 Å². The number of carbonyl (C=O) groups is 1. The molecular weight excluding hydrogens is 397 g/mol. The number of hydrogen-bond acceptors (Lipinski definition) is 4. The topological polar surface area (TPSA) is 63.7 Å². The summed E-state index contributed by atoms with van der Waals surface area (Å²) in [4.78, 5) is 13.6. The summed E-state index contributed by atoms with van der Waals surface area (Å²) in [6, 6.07) is -0.230. The van der Waals surface area contributed by atoms with Crippen LogP contribution in [0.5, 0.6) is 0 Å². The van der Waals surface area contributed by atoms with Crippen LogP contribution in [-0.2, 0) is 14.6 Å². The molecule has 1 fully saturated rings. The van der Waals surface area contributed by atoms with Crippen molar-refractivity contribution < 1.29 is 39.9 Å². The summed E-state index contributed by atoms with van der Waals surface area (Å²) in [5.41, 5.74) is -0.669. The van der Waals surface area contributed by atoms with Gasteiger partial charge in [0.05, 0.1) is 11.5 Å². The lowest BCUT2D eigenvalue weighted by molar-refractivity contribution is -0.282. The SMILES string of the molecule is CC(C)(C)OC(=O)N1CCCC1CCCS(=O)(=O)CCC(F)(F)C(F)(F)F. The predicted molar refractivity (Wildman–Crippen MR) is 89.5 cm³/mol. The van der Waals surface area contributed by atoms with Crippen LogP contribution >= 0.6 is 0 Å². The fourth-order valence-electron chi connectivity index (χ4n) is 2.76. The van der Waals surface area contributed by atoms with E-state index in [1.165, 1.54) is 4.90 Å². The average Bonchev–Trinajstić information content (AvgIpc) is 2.91. The first-order chi connectivity index (χ1) is 12.0. The van der Waals surface area contributed by atoms with Gasteiger partial charge in [-0.1, -0.05) is 0 Å². The highest BCUT2D eigenvalue weighted by Crippen LogP contribution is 2.38. The van der Waals surface area contributed by atoms with E-state index in [1.54, 1.807) is 20.8 Å². The Labute approximate surface area is 156 Å². The Balaban J connectivity index is 2.50. The molecule has 160 valence electrons. The van der Waals surface area contributed by atoms with E-state index in [0.717, 1.165) is 6.42 Å². The maximum absolute atomic E-state index is 12.9. The van der Waals surface area contributed by atoms with Crippen LogP contribution in [0.25, 0.3) is 0 Å². The summed E-state index contributed by atoms with van der Waals surface area (Å²) in [7, 11) is -4.05. The van der Waals surface area contributed by atoms with Crippen LogP contribution in [0, 0.1) is 0 Å². The molecule has 0 aromatic rings. The van der Waals surface area contributed by atoms with Crippen molar-refractivity contribution in [3.63, 3.8) is 0 Å². The summed E-state index contributed by atoms with van der Waals surface area (Å²) in [6.07, 6.45) is -6.28. The van der Waals surface area contributed by atoms with Crippen molar-refractivity contribution in [2.45, 2.75) is 76.6 Å². The first-order valence-corrected chi connectivity index (χ1v) is 10.5. The highest BCUT2D eigenvalue weighted by Gasteiger charge is 2.57. The minimum Gasteiger partial charge on any atom is -0.444 e. The molecule has 1 amide bonds.